The molecule has 0 bridgehead atoms. The van der Waals surface area contributed by atoms with Crippen LogP contribution in [0.5, 0.6) is 0 Å². The lowest BCUT2D eigenvalue weighted by Gasteiger charge is -2.21. The van der Waals surface area contributed by atoms with Crippen molar-refractivity contribution in [2.45, 2.75) is 31.8 Å². The molecular weight excluding hydrogens is 195 g/mol. The van der Waals surface area contributed by atoms with Crippen LogP contribution in [0.25, 0.3) is 0 Å². The lowest BCUT2D eigenvalue weighted by molar-refractivity contribution is -0.212. The maximum atomic E-state index is 12.5. The van der Waals surface area contributed by atoms with Crippen LogP contribution in [0, 0.1) is 0 Å². The molecule has 13 heavy (non-hydrogen) atoms. The van der Waals surface area contributed by atoms with Gasteiger partial charge in [0, 0.05) is 13.0 Å². The summed E-state index contributed by atoms with van der Waals surface area (Å²) in [5.41, 5.74) is 0. The molecule has 0 rings (SSSR count). The Labute approximate surface area is 72.9 Å². The van der Waals surface area contributed by atoms with E-state index in [9.17, 15) is 22.0 Å². The molecule has 0 aromatic heterocycles. The van der Waals surface area contributed by atoms with E-state index in [0.29, 0.717) is 0 Å². The molecule has 1 nitrogen and oxygen atoms in total. The molecule has 0 aromatic rings. The van der Waals surface area contributed by atoms with Crippen molar-refractivity contribution in [1.29, 1.82) is 0 Å². The molecule has 0 heterocycles. The lowest BCUT2D eigenvalue weighted by atomic mass is 10.1. The highest BCUT2D eigenvalue weighted by Gasteiger charge is 2.45. The van der Waals surface area contributed by atoms with Gasteiger partial charge in [0.1, 0.15) is 6.10 Å². The van der Waals surface area contributed by atoms with Crippen molar-refractivity contribution in [2.75, 3.05) is 13.3 Å². The summed E-state index contributed by atoms with van der Waals surface area (Å²) in [6.45, 7) is 0.330. The third-order valence-corrected chi connectivity index (χ3v) is 1.41. The Balaban J connectivity index is 4.18. The standard InChI is InChI=1S/C7H11F5O/c1-2-13-5(3-4-8)6(9)7(10,11)12/h5-6H,2-4H2,1H3. The van der Waals surface area contributed by atoms with Crippen LogP contribution in [0.2, 0.25) is 0 Å². The molecule has 0 amide bonds. The largest absolute Gasteiger partial charge is 0.422 e. The molecule has 0 N–H and O–H groups in total. The van der Waals surface area contributed by atoms with E-state index in [1.807, 2.05) is 0 Å². The SMILES string of the molecule is CCOC(CCF)C(F)C(F)(F)F. The predicted octanol–water partition coefficient (Wildman–Crippen LogP) is 2.65. The normalized spacial score (nSPS) is 17.1. The first-order valence-corrected chi connectivity index (χ1v) is 3.81. The summed E-state index contributed by atoms with van der Waals surface area (Å²) in [6, 6.07) is 0. The van der Waals surface area contributed by atoms with E-state index in [1.165, 1.54) is 6.92 Å². The fourth-order valence-electron chi connectivity index (χ4n) is 0.847. The Morgan fingerprint density at radius 3 is 2.15 bits per heavy atom. The van der Waals surface area contributed by atoms with Crippen LogP contribution >= 0.6 is 0 Å². The van der Waals surface area contributed by atoms with Crippen molar-refractivity contribution in [3.8, 4) is 0 Å². The molecule has 2 unspecified atom stereocenters. The Morgan fingerprint density at radius 1 is 1.31 bits per heavy atom. The van der Waals surface area contributed by atoms with E-state index in [-0.39, 0.29) is 6.61 Å². The lowest BCUT2D eigenvalue weighted by Crippen LogP contribution is -2.38. The molecule has 0 aromatic carbocycles. The van der Waals surface area contributed by atoms with E-state index in [1.54, 1.807) is 0 Å². The molecule has 0 radical (unpaired) electrons. The molecule has 80 valence electrons. The van der Waals surface area contributed by atoms with Crippen LogP contribution in [0.15, 0.2) is 0 Å². The Bertz CT molecular complexity index is 129. The van der Waals surface area contributed by atoms with Crippen molar-refractivity contribution >= 4 is 0 Å². The molecule has 0 aliphatic carbocycles. The van der Waals surface area contributed by atoms with Gasteiger partial charge < -0.3 is 4.74 Å². The van der Waals surface area contributed by atoms with E-state index >= 15 is 0 Å². The zero-order chi connectivity index (χ0) is 10.5. The number of alkyl halides is 5. The molecule has 0 aliphatic heterocycles. The third-order valence-electron chi connectivity index (χ3n) is 1.41. The summed E-state index contributed by atoms with van der Waals surface area (Å²) < 4.78 is 64.0. The number of hydrogen-bond donors (Lipinski definition) is 0. The van der Waals surface area contributed by atoms with Gasteiger partial charge in [-0.2, -0.15) is 13.2 Å². The van der Waals surface area contributed by atoms with Crippen LogP contribution < -0.4 is 0 Å². The minimum atomic E-state index is -4.98. The summed E-state index contributed by atoms with van der Waals surface area (Å²) >= 11 is 0. The molecular formula is C7H11F5O. The summed E-state index contributed by atoms with van der Waals surface area (Å²) in [4.78, 5) is 0. The topological polar surface area (TPSA) is 9.23 Å². The van der Waals surface area contributed by atoms with Gasteiger partial charge in [-0.25, -0.2) is 4.39 Å². The van der Waals surface area contributed by atoms with Crippen LogP contribution in [0.4, 0.5) is 22.0 Å². The van der Waals surface area contributed by atoms with Crippen molar-refractivity contribution in [3.05, 3.63) is 0 Å². The van der Waals surface area contributed by atoms with Gasteiger partial charge in [-0.3, -0.25) is 4.39 Å². The quantitative estimate of drug-likeness (QED) is 0.628. The first-order valence-electron chi connectivity index (χ1n) is 3.81. The van der Waals surface area contributed by atoms with E-state index < -0.39 is 31.5 Å². The second-order valence-corrected chi connectivity index (χ2v) is 2.41. The molecule has 0 spiro atoms. The second-order valence-electron chi connectivity index (χ2n) is 2.41. The van der Waals surface area contributed by atoms with Crippen LogP contribution in [-0.2, 0) is 4.74 Å². The highest BCUT2D eigenvalue weighted by atomic mass is 19.4. The summed E-state index contributed by atoms with van der Waals surface area (Å²) in [5.74, 6) is 0. The Hall–Kier alpha value is -0.390. The highest BCUT2D eigenvalue weighted by Crippen LogP contribution is 2.28. The minimum absolute atomic E-state index is 0.0683. The number of rotatable bonds is 5. The smallest absolute Gasteiger partial charge is 0.375 e. The van der Waals surface area contributed by atoms with Gasteiger partial charge in [0.15, 0.2) is 0 Å². The zero-order valence-corrected chi connectivity index (χ0v) is 7.07. The summed E-state index contributed by atoms with van der Waals surface area (Å²) in [7, 11) is 0. The monoisotopic (exact) mass is 206 g/mol. The summed E-state index contributed by atoms with van der Waals surface area (Å²) in [5, 5.41) is 0. The zero-order valence-electron chi connectivity index (χ0n) is 7.07. The predicted molar refractivity (Wildman–Crippen MR) is 37.0 cm³/mol. The number of ether oxygens (including phenoxy) is 1. The average Bonchev–Trinajstić information content (AvgIpc) is 2.01. The Kier molecular flexibility index (Phi) is 5.20. The molecule has 0 aliphatic rings. The van der Waals surface area contributed by atoms with Crippen molar-refractivity contribution in [2.24, 2.45) is 0 Å². The van der Waals surface area contributed by atoms with Gasteiger partial charge in [0.25, 0.3) is 0 Å². The first-order chi connectivity index (χ1) is 5.93. The van der Waals surface area contributed by atoms with Gasteiger partial charge in [-0.05, 0) is 6.92 Å². The maximum absolute atomic E-state index is 12.5. The van der Waals surface area contributed by atoms with Crippen molar-refractivity contribution < 1.29 is 26.7 Å². The van der Waals surface area contributed by atoms with Crippen molar-refractivity contribution in [3.63, 3.8) is 0 Å². The maximum Gasteiger partial charge on any atom is 0.422 e. The van der Waals surface area contributed by atoms with E-state index in [0.717, 1.165) is 0 Å². The fraction of sp³-hybridized carbons (Fsp3) is 1.00. The molecule has 0 fully saturated rings. The van der Waals surface area contributed by atoms with Crippen molar-refractivity contribution in [1.82, 2.24) is 0 Å². The van der Waals surface area contributed by atoms with Crippen LogP contribution in [0.3, 0.4) is 0 Å². The molecule has 2 atom stereocenters. The van der Waals surface area contributed by atoms with Gasteiger partial charge in [0.05, 0.1) is 6.67 Å². The van der Waals surface area contributed by atoms with Gasteiger partial charge >= 0.3 is 6.18 Å². The minimum Gasteiger partial charge on any atom is -0.375 e. The highest BCUT2D eigenvalue weighted by molar-refractivity contribution is 4.76. The number of hydrogen-bond acceptors (Lipinski definition) is 1. The third kappa shape index (κ3) is 4.40. The van der Waals surface area contributed by atoms with Crippen LogP contribution in [0.1, 0.15) is 13.3 Å². The van der Waals surface area contributed by atoms with Gasteiger partial charge in [-0.15, -0.1) is 0 Å². The van der Waals surface area contributed by atoms with Crippen LogP contribution in [-0.4, -0.2) is 31.7 Å². The average molecular weight is 206 g/mol. The molecule has 0 saturated carbocycles. The molecule has 0 saturated heterocycles. The van der Waals surface area contributed by atoms with E-state index in [4.69, 9.17) is 0 Å². The van der Waals surface area contributed by atoms with Gasteiger partial charge in [-0.1, -0.05) is 0 Å². The Morgan fingerprint density at radius 2 is 1.85 bits per heavy atom. The first kappa shape index (κ1) is 12.6. The number of halogens is 5. The summed E-state index contributed by atoms with van der Waals surface area (Å²) in [6.07, 6.45) is -10.4. The second kappa shape index (κ2) is 5.36. The fourth-order valence-corrected chi connectivity index (χ4v) is 0.847. The van der Waals surface area contributed by atoms with E-state index in [2.05, 4.69) is 4.74 Å². The van der Waals surface area contributed by atoms with Gasteiger partial charge in [0.2, 0.25) is 6.17 Å². The molecule has 6 heteroatoms.